The Balaban J connectivity index is 1.23. The van der Waals surface area contributed by atoms with Gasteiger partial charge >= 0.3 is 0 Å². The van der Waals surface area contributed by atoms with Crippen LogP contribution in [0.5, 0.6) is 0 Å². The van der Waals surface area contributed by atoms with Crippen LogP contribution in [-0.2, 0) is 21.7 Å². The summed E-state index contributed by atoms with van der Waals surface area (Å²) in [5, 5.41) is 0. The summed E-state index contributed by atoms with van der Waals surface area (Å²) in [5.74, 6) is 0. The molecule has 0 fully saturated rings. The second-order valence-corrected chi connectivity index (χ2v) is 21.5. The van der Waals surface area contributed by atoms with E-state index in [1.165, 1.54) is 100 Å². The summed E-state index contributed by atoms with van der Waals surface area (Å²) in [6.45, 7) is 17.0. The summed E-state index contributed by atoms with van der Waals surface area (Å²) in [6, 6.07) is 78.2. The second kappa shape index (κ2) is 15.4. The smallest absolute Gasteiger partial charge is 0.0714 e. The lowest BCUT2D eigenvalue weighted by molar-refractivity contribution is 0.332. The molecule has 0 spiro atoms. The molecule has 0 amide bonds. The third-order valence-corrected chi connectivity index (χ3v) is 16.3. The van der Waals surface area contributed by atoms with E-state index in [9.17, 15) is 0 Å². The van der Waals surface area contributed by atoms with Gasteiger partial charge in [0.15, 0.2) is 0 Å². The third kappa shape index (κ3) is 6.21. The van der Waals surface area contributed by atoms with Crippen LogP contribution in [0.4, 0.5) is 17.1 Å². The van der Waals surface area contributed by atoms with Gasteiger partial charge in [-0.05, 0) is 156 Å². The first-order valence-corrected chi connectivity index (χ1v) is 24.6. The van der Waals surface area contributed by atoms with Crippen LogP contribution < -0.4 is 4.90 Å². The summed E-state index contributed by atoms with van der Waals surface area (Å²) in [4.78, 5) is 2.60. The van der Waals surface area contributed by atoms with Crippen molar-refractivity contribution in [3.8, 4) is 44.5 Å². The Bertz CT molecular complexity index is 3370. The van der Waals surface area contributed by atoms with E-state index in [-0.39, 0.29) is 16.2 Å². The number of rotatable bonds is 7. The molecule has 0 N–H and O–H groups in total. The zero-order chi connectivity index (χ0) is 46.6. The number of benzene rings is 9. The molecule has 1 heteroatoms. The van der Waals surface area contributed by atoms with E-state index >= 15 is 0 Å². The molecule has 332 valence electrons. The van der Waals surface area contributed by atoms with Crippen LogP contribution in [0.25, 0.3) is 44.5 Å². The first-order chi connectivity index (χ1) is 32.9. The normalized spacial score (nSPS) is 16.2. The van der Waals surface area contributed by atoms with Crippen LogP contribution in [0.3, 0.4) is 0 Å². The fourth-order valence-corrected chi connectivity index (χ4v) is 12.8. The second-order valence-electron chi connectivity index (χ2n) is 21.5. The van der Waals surface area contributed by atoms with Gasteiger partial charge in [-0.1, -0.05) is 211 Å². The molecule has 3 aliphatic rings. The minimum Gasteiger partial charge on any atom is -0.310 e. The average molecular weight is 878 g/mol. The molecular formula is C67H59N. The van der Waals surface area contributed by atoms with Gasteiger partial charge in [0.05, 0.1) is 11.1 Å². The fraction of sp³-hybridized carbons (Fsp3) is 0.194. The van der Waals surface area contributed by atoms with Crippen molar-refractivity contribution in [2.24, 2.45) is 0 Å². The minimum absolute atomic E-state index is 0.0379. The van der Waals surface area contributed by atoms with Gasteiger partial charge in [-0.15, -0.1) is 0 Å². The van der Waals surface area contributed by atoms with Gasteiger partial charge in [0.2, 0.25) is 0 Å². The van der Waals surface area contributed by atoms with Crippen molar-refractivity contribution in [1.29, 1.82) is 0 Å². The number of hydrogen-bond acceptors (Lipinski definition) is 1. The maximum absolute atomic E-state index is 2.61. The summed E-state index contributed by atoms with van der Waals surface area (Å²) >= 11 is 0. The molecule has 1 nitrogen and oxygen atoms in total. The fourth-order valence-electron chi connectivity index (χ4n) is 12.8. The lowest BCUT2D eigenvalue weighted by Gasteiger charge is -2.44. The molecule has 0 aromatic heterocycles. The van der Waals surface area contributed by atoms with Gasteiger partial charge in [0, 0.05) is 22.4 Å². The van der Waals surface area contributed by atoms with Crippen LogP contribution in [-0.4, -0.2) is 0 Å². The lowest BCUT2D eigenvalue weighted by Crippen LogP contribution is -2.34. The Morgan fingerprint density at radius 3 is 1.56 bits per heavy atom. The van der Waals surface area contributed by atoms with E-state index in [1.807, 2.05) is 0 Å². The Morgan fingerprint density at radius 2 is 0.897 bits per heavy atom. The van der Waals surface area contributed by atoms with Crippen LogP contribution >= 0.6 is 0 Å². The predicted molar refractivity (Wildman–Crippen MR) is 287 cm³/mol. The maximum Gasteiger partial charge on any atom is 0.0714 e. The van der Waals surface area contributed by atoms with Gasteiger partial charge in [-0.3, -0.25) is 0 Å². The molecule has 0 saturated heterocycles. The van der Waals surface area contributed by atoms with Crippen molar-refractivity contribution in [3.63, 3.8) is 0 Å². The number of nitrogens with zero attached hydrogens (tertiary/aromatic N) is 1. The van der Waals surface area contributed by atoms with E-state index in [1.54, 1.807) is 0 Å². The molecule has 9 aromatic carbocycles. The zero-order valence-electron chi connectivity index (χ0n) is 40.5. The van der Waals surface area contributed by atoms with Crippen molar-refractivity contribution in [3.05, 3.63) is 256 Å². The Labute approximate surface area is 403 Å². The van der Waals surface area contributed by atoms with Crippen LogP contribution in [0.15, 0.2) is 206 Å². The van der Waals surface area contributed by atoms with Crippen molar-refractivity contribution in [2.45, 2.75) is 83.0 Å². The molecular weight excluding hydrogens is 819 g/mol. The number of hydrogen-bond donors (Lipinski definition) is 0. The molecule has 0 unspecified atom stereocenters. The Morgan fingerprint density at radius 1 is 0.368 bits per heavy atom. The van der Waals surface area contributed by atoms with Crippen LogP contribution in [0, 0.1) is 6.92 Å². The number of anilines is 3. The van der Waals surface area contributed by atoms with Crippen molar-refractivity contribution in [1.82, 2.24) is 0 Å². The number of fused-ring (bicyclic) bond motifs is 7. The Hall–Kier alpha value is -7.22. The summed E-state index contributed by atoms with van der Waals surface area (Å²) in [7, 11) is 0. The van der Waals surface area contributed by atoms with Crippen molar-refractivity contribution < 1.29 is 0 Å². The van der Waals surface area contributed by atoms with E-state index in [0.29, 0.717) is 0 Å². The maximum atomic E-state index is 2.61. The van der Waals surface area contributed by atoms with Crippen molar-refractivity contribution in [2.75, 3.05) is 4.90 Å². The largest absolute Gasteiger partial charge is 0.310 e. The number of aryl methyl sites for hydroxylation is 1. The van der Waals surface area contributed by atoms with Crippen LogP contribution in [0.1, 0.15) is 104 Å². The highest BCUT2D eigenvalue weighted by molar-refractivity contribution is 5.99. The molecule has 12 rings (SSSR count). The topological polar surface area (TPSA) is 3.24 Å². The highest BCUT2D eigenvalue weighted by atomic mass is 15.1. The van der Waals surface area contributed by atoms with Gasteiger partial charge in [-0.2, -0.15) is 0 Å². The van der Waals surface area contributed by atoms with Gasteiger partial charge in [0.1, 0.15) is 0 Å². The molecule has 9 aromatic rings. The monoisotopic (exact) mass is 877 g/mol. The quantitative estimate of drug-likeness (QED) is 0.154. The zero-order valence-corrected chi connectivity index (χ0v) is 40.5. The molecule has 3 aliphatic carbocycles. The molecule has 0 atom stereocenters. The van der Waals surface area contributed by atoms with E-state index < -0.39 is 5.41 Å². The first-order valence-electron chi connectivity index (χ1n) is 24.6. The Kier molecular flexibility index (Phi) is 9.55. The summed E-state index contributed by atoms with van der Waals surface area (Å²) in [6.07, 6.45) is 2.28. The first kappa shape index (κ1) is 42.2. The standard InChI is InChI=1S/C67H59N/c1-44-31-38-58-63(65(4,5)40-39-64(58,2)3)62(44)55-42-54-52-28-18-20-30-57(52)67(47-23-13-9-14-24-47,48-25-15-10-16-26-48)60(54)43-61(55)68(49-34-32-46(33-35-49)45-21-11-8-12-22-45)50-36-37-53-51-27-17-19-29-56(51)66(6,7)59(53)41-50/h8-38,41-43H,39-40H2,1-7H3. The van der Waals surface area contributed by atoms with Gasteiger partial charge < -0.3 is 4.90 Å². The third-order valence-electron chi connectivity index (χ3n) is 16.3. The molecule has 0 heterocycles. The highest BCUT2D eigenvalue weighted by Gasteiger charge is 2.48. The van der Waals surface area contributed by atoms with Crippen molar-refractivity contribution >= 4 is 17.1 Å². The predicted octanol–water partition coefficient (Wildman–Crippen LogP) is 17.8. The SMILES string of the molecule is Cc1ccc2c(c1-c1cc3c(cc1N(c1ccc(-c4ccccc4)cc1)c1ccc4c(c1)C(C)(C)c1ccccc1-4)C(c1ccccc1)(c1ccccc1)c1ccccc1-3)C(C)(C)CCC2(C)C. The van der Waals surface area contributed by atoms with Gasteiger partial charge in [-0.25, -0.2) is 0 Å². The lowest BCUT2D eigenvalue weighted by atomic mass is 9.61. The highest BCUT2D eigenvalue weighted by Crippen LogP contribution is 2.61. The molecule has 0 aliphatic heterocycles. The average Bonchev–Trinajstić information content (AvgIpc) is 3.78. The van der Waals surface area contributed by atoms with E-state index in [2.05, 4.69) is 260 Å². The van der Waals surface area contributed by atoms with E-state index in [0.717, 1.165) is 24.2 Å². The van der Waals surface area contributed by atoms with E-state index in [4.69, 9.17) is 0 Å². The molecule has 0 saturated carbocycles. The molecule has 0 bridgehead atoms. The molecule has 0 radical (unpaired) electrons. The molecule has 68 heavy (non-hydrogen) atoms. The van der Waals surface area contributed by atoms with Crippen LogP contribution in [0.2, 0.25) is 0 Å². The summed E-state index contributed by atoms with van der Waals surface area (Å²) < 4.78 is 0. The minimum atomic E-state index is -0.571. The summed E-state index contributed by atoms with van der Waals surface area (Å²) in [5.41, 5.74) is 25.2. The van der Waals surface area contributed by atoms with Gasteiger partial charge in [0.25, 0.3) is 0 Å².